The Balaban J connectivity index is 1.44. The number of carbonyl (C=O) groups excluding carboxylic acids is 1. The van der Waals surface area contributed by atoms with Crippen LogP contribution in [0, 0.1) is 17.0 Å². The molecule has 0 aliphatic carbocycles. The van der Waals surface area contributed by atoms with Crippen molar-refractivity contribution in [1.29, 1.82) is 0 Å². The first-order valence-corrected chi connectivity index (χ1v) is 10.5. The molecule has 1 fully saturated rings. The number of piperazine rings is 1. The van der Waals surface area contributed by atoms with E-state index in [0.717, 1.165) is 17.1 Å². The quantitative estimate of drug-likeness (QED) is 0.451. The van der Waals surface area contributed by atoms with Crippen molar-refractivity contribution in [3.63, 3.8) is 0 Å². The second-order valence-electron chi connectivity index (χ2n) is 7.60. The molecular weight excluding hydrogens is 424 g/mol. The second kappa shape index (κ2) is 9.51. The fourth-order valence-corrected chi connectivity index (χ4v) is 3.67. The first-order chi connectivity index (χ1) is 15.9. The molecule has 10 nitrogen and oxygen atoms in total. The molecule has 0 radical (unpaired) electrons. The lowest BCUT2D eigenvalue weighted by Crippen LogP contribution is -2.49. The minimum Gasteiger partial charge on any atom is -0.497 e. The largest absolute Gasteiger partial charge is 0.497 e. The Bertz CT molecular complexity index is 1160. The summed E-state index contributed by atoms with van der Waals surface area (Å²) < 4.78 is 5.19. The Hall–Kier alpha value is -4.21. The lowest BCUT2D eigenvalue weighted by molar-refractivity contribution is -0.385. The van der Waals surface area contributed by atoms with Crippen LogP contribution in [-0.4, -0.2) is 59.0 Å². The van der Waals surface area contributed by atoms with Crippen LogP contribution in [0.25, 0.3) is 0 Å². The first kappa shape index (κ1) is 22.0. The predicted molar refractivity (Wildman–Crippen MR) is 124 cm³/mol. The molecule has 0 bridgehead atoms. The molecule has 170 valence electrons. The fraction of sp³-hybridized carbons (Fsp3) is 0.261. The van der Waals surface area contributed by atoms with Crippen LogP contribution in [0.4, 0.5) is 23.1 Å². The summed E-state index contributed by atoms with van der Waals surface area (Å²) in [6, 6.07) is 15.4. The number of amides is 1. The van der Waals surface area contributed by atoms with Crippen molar-refractivity contribution < 1.29 is 14.5 Å². The third-order valence-electron chi connectivity index (χ3n) is 5.39. The Morgan fingerprint density at radius 3 is 2.42 bits per heavy atom. The van der Waals surface area contributed by atoms with Gasteiger partial charge in [0, 0.05) is 49.7 Å². The molecule has 2 aromatic carbocycles. The molecule has 4 rings (SSSR count). The van der Waals surface area contributed by atoms with Crippen LogP contribution in [0.15, 0.2) is 54.6 Å². The Morgan fingerprint density at radius 1 is 1.06 bits per heavy atom. The van der Waals surface area contributed by atoms with Gasteiger partial charge >= 0.3 is 0 Å². The molecule has 1 aliphatic rings. The summed E-state index contributed by atoms with van der Waals surface area (Å²) in [6.45, 7) is 3.79. The zero-order chi connectivity index (χ0) is 23.4. The van der Waals surface area contributed by atoms with Gasteiger partial charge in [-0.25, -0.2) is 4.98 Å². The van der Waals surface area contributed by atoms with Gasteiger partial charge in [0.25, 0.3) is 11.6 Å². The normalized spacial score (nSPS) is 13.5. The summed E-state index contributed by atoms with van der Waals surface area (Å²) in [5, 5.41) is 14.5. The number of nitro groups is 1. The second-order valence-corrected chi connectivity index (χ2v) is 7.60. The van der Waals surface area contributed by atoms with Crippen molar-refractivity contribution in [2.75, 3.05) is 43.5 Å². The maximum atomic E-state index is 12.9. The van der Waals surface area contributed by atoms with Crippen LogP contribution in [0.2, 0.25) is 0 Å². The standard InChI is InChI=1S/C23H24N6O4/c1-16-15-21(25-17-7-9-18(33-2)10-8-17)26-23(24-16)28-13-11-27(12-14-28)22(30)19-5-3-4-6-20(19)29(31)32/h3-10,15H,11-14H2,1-2H3,(H,24,25,26). The minimum absolute atomic E-state index is 0.105. The van der Waals surface area contributed by atoms with Gasteiger partial charge in [0.05, 0.1) is 12.0 Å². The summed E-state index contributed by atoms with van der Waals surface area (Å²) in [6.07, 6.45) is 0. The average Bonchev–Trinajstić information content (AvgIpc) is 2.84. The van der Waals surface area contributed by atoms with Gasteiger partial charge in [-0.3, -0.25) is 14.9 Å². The van der Waals surface area contributed by atoms with Crippen LogP contribution in [0.5, 0.6) is 5.75 Å². The number of hydrogen-bond donors (Lipinski definition) is 1. The molecule has 33 heavy (non-hydrogen) atoms. The number of carbonyl (C=O) groups is 1. The van der Waals surface area contributed by atoms with Crippen LogP contribution < -0.4 is 15.0 Å². The molecule has 0 atom stereocenters. The number of nitrogens with zero attached hydrogens (tertiary/aromatic N) is 5. The minimum atomic E-state index is -0.526. The van der Waals surface area contributed by atoms with Crippen LogP contribution in [-0.2, 0) is 0 Å². The third kappa shape index (κ3) is 5.00. The van der Waals surface area contributed by atoms with Gasteiger partial charge in [0.15, 0.2) is 0 Å². The van der Waals surface area contributed by atoms with E-state index < -0.39 is 4.92 Å². The molecule has 1 aromatic heterocycles. The van der Waals surface area contributed by atoms with E-state index in [1.165, 1.54) is 12.1 Å². The molecule has 10 heteroatoms. The maximum absolute atomic E-state index is 12.9. The number of hydrogen-bond acceptors (Lipinski definition) is 8. The highest BCUT2D eigenvalue weighted by Crippen LogP contribution is 2.23. The zero-order valence-electron chi connectivity index (χ0n) is 18.4. The number of rotatable bonds is 6. The lowest BCUT2D eigenvalue weighted by Gasteiger charge is -2.34. The topological polar surface area (TPSA) is 114 Å². The van der Waals surface area contributed by atoms with Gasteiger partial charge in [-0.1, -0.05) is 12.1 Å². The summed E-state index contributed by atoms with van der Waals surface area (Å²) in [5.74, 6) is 1.67. The number of para-hydroxylation sites is 1. The monoisotopic (exact) mass is 448 g/mol. The van der Waals surface area contributed by atoms with Crippen molar-refractivity contribution in [1.82, 2.24) is 14.9 Å². The number of nitrogens with one attached hydrogen (secondary N) is 1. The average molecular weight is 448 g/mol. The van der Waals surface area contributed by atoms with E-state index in [0.29, 0.717) is 37.9 Å². The lowest BCUT2D eigenvalue weighted by atomic mass is 10.1. The molecule has 1 aliphatic heterocycles. The van der Waals surface area contributed by atoms with Crippen molar-refractivity contribution in [3.05, 3.63) is 76.0 Å². The smallest absolute Gasteiger partial charge is 0.282 e. The predicted octanol–water partition coefficient (Wildman–Crippen LogP) is 3.41. The SMILES string of the molecule is COc1ccc(Nc2cc(C)nc(N3CCN(C(=O)c4ccccc4[N+](=O)[O-])CC3)n2)cc1. The van der Waals surface area contributed by atoms with Crippen LogP contribution in [0.3, 0.4) is 0 Å². The molecule has 1 amide bonds. The number of benzene rings is 2. The van der Waals surface area contributed by atoms with Gasteiger partial charge < -0.3 is 19.9 Å². The Kier molecular flexibility index (Phi) is 6.34. The van der Waals surface area contributed by atoms with E-state index >= 15 is 0 Å². The van der Waals surface area contributed by atoms with E-state index in [9.17, 15) is 14.9 Å². The van der Waals surface area contributed by atoms with Gasteiger partial charge in [0.1, 0.15) is 17.1 Å². The van der Waals surface area contributed by atoms with Crippen molar-refractivity contribution >= 4 is 29.0 Å². The van der Waals surface area contributed by atoms with E-state index in [2.05, 4.69) is 15.3 Å². The number of aromatic nitrogens is 2. The van der Waals surface area contributed by atoms with Gasteiger partial charge in [0.2, 0.25) is 5.95 Å². The number of methoxy groups -OCH3 is 1. The highest BCUT2D eigenvalue weighted by atomic mass is 16.6. The number of nitro benzene ring substituents is 1. The van der Waals surface area contributed by atoms with Crippen LogP contribution in [0.1, 0.15) is 16.1 Å². The number of aryl methyl sites for hydroxylation is 1. The van der Waals surface area contributed by atoms with Crippen molar-refractivity contribution in [3.8, 4) is 5.75 Å². The number of ether oxygens (including phenoxy) is 1. The molecule has 1 N–H and O–H groups in total. The molecule has 0 spiro atoms. The van der Waals surface area contributed by atoms with Crippen molar-refractivity contribution in [2.45, 2.75) is 6.92 Å². The molecular formula is C23H24N6O4. The Morgan fingerprint density at radius 2 is 1.76 bits per heavy atom. The summed E-state index contributed by atoms with van der Waals surface area (Å²) in [4.78, 5) is 36.5. The molecule has 2 heterocycles. The van der Waals surface area contributed by atoms with Gasteiger partial charge in [-0.15, -0.1) is 0 Å². The number of anilines is 3. The molecule has 1 saturated heterocycles. The van der Waals surface area contributed by atoms with Gasteiger partial charge in [-0.05, 0) is 37.3 Å². The van der Waals surface area contributed by atoms with Crippen LogP contribution >= 0.6 is 0 Å². The van der Waals surface area contributed by atoms with Gasteiger partial charge in [-0.2, -0.15) is 4.98 Å². The molecule has 0 saturated carbocycles. The van der Waals surface area contributed by atoms with E-state index in [-0.39, 0.29) is 17.2 Å². The summed E-state index contributed by atoms with van der Waals surface area (Å²) in [5.41, 5.74) is 1.61. The highest BCUT2D eigenvalue weighted by molar-refractivity contribution is 5.98. The third-order valence-corrected chi connectivity index (χ3v) is 5.39. The fourth-order valence-electron chi connectivity index (χ4n) is 3.67. The zero-order valence-corrected chi connectivity index (χ0v) is 18.4. The van der Waals surface area contributed by atoms with E-state index in [4.69, 9.17) is 4.74 Å². The maximum Gasteiger partial charge on any atom is 0.282 e. The Labute approximate surface area is 191 Å². The van der Waals surface area contributed by atoms with E-state index in [1.807, 2.05) is 42.2 Å². The highest BCUT2D eigenvalue weighted by Gasteiger charge is 2.28. The first-order valence-electron chi connectivity index (χ1n) is 10.5. The molecule has 0 unspecified atom stereocenters. The van der Waals surface area contributed by atoms with E-state index in [1.54, 1.807) is 24.1 Å². The summed E-state index contributed by atoms with van der Waals surface area (Å²) in [7, 11) is 1.62. The molecule has 3 aromatic rings. The van der Waals surface area contributed by atoms with Crippen molar-refractivity contribution in [2.24, 2.45) is 0 Å². The summed E-state index contributed by atoms with van der Waals surface area (Å²) >= 11 is 0.